The Morgan fingerprint density at radius 2 is 1.38 bits per heavy atom. The minimum absolute atomic E-state index is 0.136. The van der Waals surface area contributed by atoms with Crippen molar-refractivity contribution in [2.24, 2.45) is 0 Å². The van der Waals surface area contributed by atoms with E-state index in [0.717, 1.165) is 5.46 Å². The van der Waals surface area contributed by atoms with Crippen molar-refractivity contribution in [2.75, 3.05) is 0 Å². The van der Waals surface area contributed by atoms with Gasteiger partial charge in [0.15, 0.2) is 0 Å². The molecule has 0 heterocycles. The van der Waals surface area contributed by atoms with E-state index in [0.29, 0.717) is 0 Å². The molecule has 2 radical (unpaired) electrons. The van der Waals surface area contributed by atoms with Crippen molar-refractivity contribution >= 4 is 13.3 Å². The van der Waals surface area contributed by atoms with Gasteiger partial charge in [0.2, 0.25) is 0 Å². The molecule has 0 amide bonds. The molecule has 1 atom stereocenters. The third-order valence-corrected chi connectivity index (χ3v) is 4.72. The van der Waals surface area contributed by atoms with Crippen molar-refractivity contribution in [1.82, 2.24) is 0 Å². The largest absolute Gasteiger partial charge is 0.114 e. The first kappa shape index (κ1) is 12.5. The molecule has 98 valence electrons. The summed E-state index contributed by atoms with van der Waals surface area (Å²) < 4.78 is 0. The summed E-state index contributed by atoms with van der Waals surface area (Å²) in [5, 5.41) is 0. The Kier molecular flexibility index (Phi) is 2.59. The first-order valence-electron chi connectivity index (χ1n) is 7.27. The van der Waals surface area contributed by atoms with Crippen LogP contribution in [-0.4, -0.2) is 7.85 Å². The molecule has 0 N–H and O–H groups in total. The van der Waals surface area contributed by atoms with Gasteiger partial charge in [0.05, 0.1) is 0 Å². The molecular formula is C20H15B. The molecule has 0 saturated heterocycles. The summed E-state index contributed by atoms with van der Waals surface area (Å²) in [7, 11) is 6.29. The molecule has 1 heteroatoms. The van der Waals surface area contributed by atoms with Crippen LogP contribution in [-0.2, 0) is 5.41 Å². The summed E-state index contributed by atoms with van der Waals surface area (Å²) in [6, 6.07) is 25.5. The molecule has 0 spiro atoms. The summed E-state index contributed by atoms with van der Waals surface area (Å²) in [4.78, 5) is 0. The molecule has 1 aliphatic carbocycles. The van der Waals surface area contributed by atoms with Crippen molar-refractivity contribution in [3.05, 3.63) is 89.5 Å². The van der Waals surface area contributed by atoms with Crippen LogP contribution in [0, 0.1) is 0 Å². The van der Waals surface area contributed by atoms with E-state index in [1.807, 2.05) is 6.07 Å². The highest BCUT2D eigenvalue weighted by molar-refractivity contribution is 6.36. The highest BCUT2D eigenvalue weighted by Gasteiger charge is 2.40. The maximum Gasteiger partial charge on any atom is 0.114 e. The van der Waals surface area contributed by atoms with Gasteiger partial charge < -0.3 is 0 Å². The molecule has 0 aromatic heterocycles. The van der Waals surface area contributed by atoms with Crippen LogP contribution in [0.5, 0.6) is 0 Å². The van der Waals surface area contributed by atoms with Gasteiger partial charge in [0.1, 0.15) is 7.85 Å². The normalized spacial score (nSPS) is 19.1. The predicted octanol–water partition coefficient (Wildman–Crippen LogP) is 3.82. The van der Waals surface area contributed by atoms with Crippen molar-refractivity contribution in [3.8, 4) is 11.1 Å². The Morgan fingerprint density at radius 3 is 2.19 bits per heavy atom. The lowest BCUT2D eigenvalue weighted by molar-refractivity contribution is 0.714. The van der Waals surface area contributed by atoms with Crippen LogP contribution in [0.3, 0.4) is 0 Å². The molecule has 0 bridgehead atoms. The Hall–Kier alpha value is -2.28. The van der Waals surface area contributed by atoms with Crippen molar-refractivity contribution in [2.45, 2.75) is 12.3 Å². The van der Waals surface area contributed by atoms with Crippen molar-refractivity contribution in [3.63, 3.8) is 0 Å². The van der Waals surface area contributed by atoms with Crippen LogP contribution in [0.1, 0.15) is 23.6 Å². The first-order chi connectivity index (χ1) is 10.2. The lowest BCUT2D eigenvalue weighted by atomic mass is 9.73. The molecule has 3 aromatic rings. The van der Waals surface area contributed by atoms with E-state index in [2.05, 4.69) is 73.7 Å². The average Bonchev–Trinajstić information content (AvgIpc) is 2.81. The van der Waals surface area contributed by atoms with Gasteiger partial charge in [0.25, 0.3) is 0 Å². The van der Waals surface area contributed by atoms with E-state index in [9.17, 15) is 0 Å². The van der Waals surface area contributed by atoms with E-state index >= 15 is 0 Å². The second-order valence-corrected chi connectivity index (χ2v) is 5.81. The second kappa shape index (κ2) is 4.36. The average molecular weight is 266 g/mol. The standard InChI is InChI=1S/C20H15B/c1-20(14-8-3-2-4-9-14)16-11-6-5-10-15(16)19-17(20)12-7-13-18(19)21/h2-13H,1H3. The summed E-state index contributed by atoms with van der Waals surface area (Å²) in [5.74, 6) is 0. The van der Waals surface area contributed by atoms with Gasteiger partial charge in [-0.2, -0.15) is 0 Å². The van der Waals surface area contributed by atoms with Crippen molar-refractivity contribution < 1.29 is 0 Å². The number of hydrogen-bond acceptors (Lipinski definition) is 0. The minimum Gasteiger partial charge on any atom is -0.0887 e. The zero-order valence-electron chi connectivity index (χ0n) is 12.0. The molecule has 0 nitrogen and oxygen atoms in total. The molecule has 0 fully saturated rings. The highest BCUT2D eigenvalue weighted by Crippen LogP contribution is 2.51. The van der Waals surface area contributed by atoms with E-state index in [-0.39, 0.29) is 5.41 Å². The second-order valence-electron chi connectivity index (χ2n) is 5.81. The van der Waals surface area contributed by atoms with Crippen LogP contribution in [0.4, 0.5) is 0 Å². The van der Waals surface area contributed by atoms with Gasteiger partial charge in [-0.15, -0.1) is 0 Å². The molecule has 1 aliphatic rings. The minimum atomic E-state index is -0.136. The third-order valence-electron chi connectivity index (χ3n) is 4.72. The van der Waals surface area contributed by atoms with Crippen LogP contribution in [0.15, 0.2) is 72.8 Å². The van der Waals surface area contributed by atoms with Crippen LogP contribution in [0.25, 0.3) is 11.1 Å². The maximum absolute atomic E-state index is 6.29. The fourth-order valence-electron chi connectivity index (χ4n) is 3.65. The van der Waals surface area contributed by atoms with Gasteiger partial charge >= 0.3 is 0 Å². The van der Waals surface area contributed by atoms with Gasteiger partial charge in [0, 0.05) is 5.41 Å². The Morgan fingerprint density at radius 1 is 0.714 bits per heavy atom. The fourth-order valence-corrected chi connectivity index (χ4v) is 3.65. The number of rotatable bonds is 1. The third kappa shape index (κ3) is 1.58. The summed E-state index contributed by atoms with van der Waals surface area (Å²) in [6.07, 6.45) is 0. The van der Waals surface area contributed by atoms with Crippen LogP contribution < -0.4 is 5.46 Å². The van der Waals surface area contributed by atoms with Gasteiger partial charge in [-0.3, -0.25) is 0 Å². The lowest BCUT2D eigenvalue weighted by Crippen LogP contribution is -2.23. The summed E-state index contributed by atoms with van der Waals surface area (Å²) >= 11 is 0. The highest BCUT2D eigenvalue weighted by atomic mass is 14.4. The van der Waals surface area contributed by atoms with E-state index in [1.165, 1.54) is 27.8 Å². The monoisotopic (exact) mass is 266 g/mol. The number of hydrogen-bond donors (Lipinski definition) is 0. The molecular weight excluding hydrogens is 251 g/mol. The quantitative estimate of drug-likeness (QED) is 0.587. The molecule has 3 aromatic carbocycles. The Balaban J connectivity index is 2.13. The van der Waals surface area contributed by atoms with E-state index in [4.69, 9.17) is 7.85 Å². The van der Waals surface area contributed by atoms with Gasteiger partial charge in [-0.25, -0.2) is 0 Å². The molecule has 0 saturated carbocycles. The first-order valence-corrected chi connectivity index (χ1v) is 7.27. The lowest BCUT2D eigenvalue weighted by Gasteiger charge is -2.28. The zero-order valence-corrected chi connectivity index (χ0v) is 12.0. The topological polar surface area (TPSA) is 0 Å². The van der Waals surface area contributed by atoms with E-state index in [1.54, 1.807) is 0 Å². The van der Waals surface area contributed by atoms with Crippen LogP contribution >= 0.6 is 0 Å². The van der Waals surface area contributed by atoms with E-state index < -0.39 is 0 Å². The SMILES string of the molecule is [B]c1cccc2c1-c1ccccc1C2(C)c1ccccc1. The Bertz CT molecular complexity index is 820. The van der Waals surface area contributed by atoms with Crippen molar-refractivity contribution in [1.29, 1.82) is 0 Å². The molecule has 1 unspecified atom stereocenters. The smallest absolute Gasteiger partial charge is 0.0887 e. The maximum atomic E-state index is 6.29. The van der Waals surface area contributed by atoms with Gasteiger partial charge in [-0.05, 0) is 34.7 Å². The number of benzene rings is 3. The predicted molar refractivity (Wildman–Crippen MR) is 89.3 cm³/mol. The summed E-state index contributed by atoms with van der Waals surface area (Å²) in [6.45, 7) is 2.30. The molecule has 0 aliphatic heterocycles. The Labute approximate surface area is 126 Å². The summed E-state index contributed by atoms with van der Waals surface area (Å²) in [5.41, 5.74) is 7.12. The zero-order chi connectivity index (χ0) is 14.4. The fraction of sp³-hybridized carbons (Fsp3) is 0.100. The van der Waals surface area contributed by atoms with Crippen LogP contribution in [0.2, 0.25) is 0 Å². The number of fused-ring (bicyclic) bond motifs is 3. The van der Waals surface area contributed by atoms with Gasteiger partial charge in [-0.1, -0.05) is 78.3 Å². The molecule has 21 heavy (non-hydrogen) atoms. The molecule has 4 rings (SSSR count).